The average Bonchev–Trinajstić information content (AvgIpc) is 3.14. The lowest BCUT2D eigenvalue weighted by Crippen LogP contribution is -2.30. The van der Waals surface area contributed by atoms with Gasteiger partial charge < -0.3 is 5.32 Å². The molecule has 6 heteroatoms. The lowest BCUT2D eigenvalue weighted by atomic mass is 9.86. The van der Waals surface area contributed by atoms with Crippen molar-refractivity contribution in [2.75, 3.05) is 5.32 Å². The zero-order valence-electron chi connectivity index (χ0n) is 15.8. The fourth-order valence-electron chi connectivity index (χ4n) is 4.18. The van der Waals surface area contributed by atoms with Crippen molar-refractivity contribution in [3.8, 4) is 11.3 Å². The number of hydrogen-bond acceptors (Lipinski definition) is 4. The van der Waals surface area contributed by atoms with E-state index in [9.17, 15) is 0 Å². The highest BCUT2D eigenvalue weighted by atomic mass is 35.5. The van der Waals surface area contributed by atoms with E-state index in [1.807, 2.05) is 40.9 Å². The fraction of sp³-hybridized carbons (Fsp3) is 0.318. The molecule has 0 radical (unpaired) electrons. The zero-order valence-corrected chi connectivity index (χ0v) is 16.5. The van der Waals surface area contributed by atoms with Crippen molar-refractivity contribution in [3.05, 3.63) is 53.6 Å². The summed E-state index contributed by atoms with van der Waals surface area (Å²) in [6.07, 6.45) is 5.04. The second kappa shape index (κ2) is 7.06. The highest BCUT2D eigenvalue weighted by Gasteiger charge is 2.23. The van der Waals surface area contributed by atoms with E-state index < -0.39 is 0 Å². The van der Waals surface area contributed by atoms with Crippen LogP contribution in [-0.2, 0) is 0 Å². The number of halogens is 1. The molecule has 1 fully saturated rings. The number of nitrogens with one attached hydrogen (secondary N) is 1. The molecule has 2 aromatic carbocycles. The molecular weight excluding hydrogens is 370 g/mol. The van der Waals surface area contributed by atoms with E-state index in [4.69, 9.17) is 16.6 Å². The summed E-state index contributed by atoms with van der Waals surface area (Å²) in [5.74, 6) is 1.56. The molecule has 0 bridgehead atoms. The van der Waals surface area contributed by atoms with Gasteiger partial charge in [-0.25, -0.2) is 4.98 Å². The summed E-state index contributed by atoms with van der Waals surface area (Å²) < 4.78 is 1.83. The van der Waals surface area contributed by atoms with E-state index in [1.165, 1.54) is 25.7 Å². The molecule has 0 spiro atoms. The van der Waals surface area contributed by atoms with Crippen LogP contribution in [0.25, 0.3) is 27.8 Å². The van der Waals surface area contributed by atoms with Gasteiger partial charge in [-0.2, -0.15) is 4.52 Å². The van der Waals surface area contributed by atoms with Gasteiger partial charge in [0.2, 0.25) is 0 Å². The van der Waals surface area contributed by atoms with Gasteiger partial charge in [-0.15, -0.1) is 5.10 Å². The first-order valence-corrected chi connectivity index (χ1v) is 10.2. The number of aromatic nitrogens is 4. The highest BCUT2D eigenvalue weighted by Crippen LogP contribution is 2.31. The molecule has 1 saturated carbocycles. The number of fused-ring (bicyclic) bond motifs is 3. The minimum Gasteiger partial charge on any atom is -0.366 e. The molecule has 5 rings (SSSR count). The summed E-state index contributed by atoms with van der Waals surface area (Å²) in [6, 6.07) is 16.3. The molecule has 0 aliphatic heterocycles. The highest BCUT2D eigenvalue weighted by molar-refractivity contribution is 6.30. The number of nitrogens with zero attached hydrogens (tertiary/aromatic N) is 4. The topological polar surface area (TPSA) is 55.1 Å². The molecule has 0 amide bonds. The van der Waals surface area contributed by atoms with Crippen LogP contribution < -0.4 is 5.32 Å². The van der Waals surface area contributed by atoms with E-state index >= 15 is 0 Å². The first-order chi connectivity index (χ1) is 13.7. The molecular formula is C22H22ClN5. The monoisotopic (exact) mass is 391 g/mol. The Balaban J connectivity index is 1.67. The van der Waals surface area contributed by atoms with Crippen LogP contribution in [0.4, 0.5) is 5.82 Å². The zero-order chi connectivity index (χ0) is 19.1. The van der Waals surface area contributed by atoms with Gasteiger partial charge in [0.15, 0.2) is 5.65 Å². The predicted molar refractivity (Wildman–Crippen MR) is 114 cm³/mol. The number of hydrogen-bond donors (Lipinski definition) is 1. The first-order valence-electron chi connectivity index (χ1n) is 9.87. The minimum absolute atomic E-state index is 0.446. The van der Waals surface area contributed by atoms with Gasteiger partial charge in [0, 0.05) is 22.0 Å². The van der Waals surface area contributed by atoms with Crippen LogP contribution in [0.15, 0.2) is 48.5 Å². The number of rotatable bonds is 3. The quantitative estimate of drug-likeness (QED) is 0.494. The van der Waals surface area contributed by atoms with Crippen LogP contribution in [0.1, 0.15) is 32.6 Å². The third kappa shape index (κ3) is 3.00. The molecule has 2 atom stereocenters. The molecule has 1 aliphatic carbocycles. The van der Waals surface area contributed by atoms with Gasteiger partial charge in [0.05, 0.1) is 5.52 Å². The Kier molecular flexibility index (Phi) is 4.40. The smallest absolute Gasteiger partial charge is 0.186 e. The van der Waals surface area contributed by atoms with E-state index in [0.29, 0.717) is 17.0 Å². The second-order valence-electron chi connectivity index (χ2n) is 7.67. The summed E-state index contributed by atoms with van der Waals surface area (Å²) >= 11 is 6.05. The molecule has 142 valence electrons. The summed E-state index contributed by atoms with van der Waals surface area (Å²) in [5, 5.41) is 14.3. The second-order valence-corrected chi connectivity index (χ2v) is 8.11. The van der Waals surface area contributed by atoms with Crippen LogP contribution >= 0.6 is 11.6 Å². The Bertz CT molecular complexity index is 1140. The van der Waals surface area contributed by atoms with Crippen molar-refractivity contribution in [1.29, 1.82) is 0 Å². The lowest BCUT2D eigenvalue weighted by Gasteiger charge is -2.30. The fourth-order valence-corrected chi connectivity index (χ4v) is 4.30. The predicted octanol–water partition coefficient (Wildman–Crippen LogP) is 5.59. The summed E-state index contributed by atoms with van der Waals surface area (Å²) in [4.78, 5) is 4.98. The van der Waals surface area contributed by atoms with Gasteiger partial charge in [-0.3, -0.25) is 0 Å². The molecule has 2 aromatic heterocycles. The van der Waals surface area contributed by atoms with Gasteiger partial charge >= 0.3 is 0 Å². The Labute approximate surface area is 168 Å². The maximum atomic E-state index is 6.05. The largest absolute Gasteiger partial charge is 0.366 e. The number of anilines is 1. The van der Waals surface area contributed by atoms with Crippen molar-refractivity contribution < 1.29 is 0 Å². The van der Waals surface area contributed by atoms with E-state index in [-0.39, 0.29) is 0 Å². The molecule has 2 heterocycles. The van der Waals surface area contributed by atoms with Crippen LogP contribution in [0, 0.1) is 5.92 Å². The number of benzene rings is 2. The van der Waals surface area contributed by atoms with Crippen LogP contribution in [-0.4, -0.2) is 25.9 Å². The van der Waals surface area contributed by atoms with Gasteiger partial charge in [-0.1, -0.05) is 60.8 Å². The molecule has 5 nitrogen and oxygen atoms in total. The van der Waals surface area contributed by atoms with E-state index in [1.54, 1.807) is 0 Å². The maximum absolute atomic E-state index is 6.05. The van der Waals surface area contributed by atoms with Gasteiger partial charge in [-0.05, 0) is 43.0 Å². The Morgan fingerprint density at radius 2 is 1.82 bits per heavy atom. The van der Waals surface area contributed by atoms with E-state index in [0.717, 1.165) is 33.6 Å². The molecule has 4 aromatic rings. The Morgan fingerprint density at radius 3 is 2.64 bits per heavy atom. The van der Waals surface area contributed by atoms with Crippen LogP contribution in [0.5, 0.6) is 0 Å². The summed E-state index contributed by atoms with van der Waals surface area (Å²) in [7, 11) is 0. The van der Waals surface area contributed by atoms with Crippen molar-refractivity contribution in [1.82, 2.24) is 19.8 Å². The van der Waals surface area contributed by atoms with E-state index in [2.05, 4.69) is 34.7 Å². The molecule has 0 saturated heterocycles. The normalized spacial score (nSPS) is 19.9. The Morgan fingerprint density at radius 1 is 1.04 bits per heavy atom. The van der Waals surface area contributed by atoms with Crippen LogP contribution in [0.3, 0.4) is 0 Å². The minimum atomic E-state index is 0.446. The maximum Gasteiger partial charge on any atom is 0.186 e. The SMILES string of the molecule is C[C@H]1CCCC[C@@H]1Nc1nc2c(-c3ccc(Cl)cc3)nnn2c2ccccc12. The average molecular weight is 392 g/mol. The summed E-state index contributed by atoms with van der Waals surface area (Å²) in [6.45, 7) is 2.33. The van der Waals surface area contributed by atoms with Crippen molar-refractivity contribution in [3.63, 3.8) is 0 Å². The standard InChI is InChI=1S/C22H22ClN5/c1-14-6-2-4-8-18(14)24-21-17-7-3-5-9-19(17)28-22(25-21)20(26-27-28)15-10-12-16(23)13-11-15/h3,5,7,9-14,18H,2,4,6,8H2,1H3,(H,24,25)/t14-,18-/m0/s1. The summed E-state index contributed by atoms with van der Waals surface area (Å²) in [5.41, 5.74) is 3.49. The van der Waals surface area contributed by atoms with Crippen molar-refractivity contribution in [2.24, 2.45) is 5.92 Å². The third-order valence-corrected chi connectivity index (χ3v) is 6.05. The third-order valence-electron chi connectivity index (χ3n) is 5.80. The number of para-hydroxylation sites is 1. The van der Waals surface area contributed by atoms with Crippen LogP contribution in [0.2, 0.25) is 5.02 Å². The molecule has 28 heavy (non-hydrogen) atoms. The van der Waals surface area contributed by atoms with Crippen molar-refractivity contribution >= 4 is 34.0 Å². The molecule has 0 unspecified atom stereocenters. The molecule has 1 N–H and O–H groups in total. The Hall–Kier alpha value is -2.66. The first kappa shape index (κ1) is 17.4. The van der Waals surface area contributed by atoms with Crippen molar-refractivity contribution in [2.45, 2.75) is 38.6 Å². The lowest BCUT2D eigenvalue weighted by molar-refractivity contribution is 0.349. The molecule has 1 aliphatic rings. The van der Waals surface area contributed by atoms with Gasteiger partial charge in [0.25, 0.3) is 0 Å². The van der Waals surface area contributed by atoms with Gasteiger partial charge in [0.1, 0.15) is 11.5 Å².